The van der Waals surface area contributed by atoms with Gasteiger partial charge in [0.25, 0.3) is 5.91 Å². The number of fused-ring (bicyclic) bond motifs is 1. The van der Waals surface area contributed by atoms with Crippen molar-refractivity contribution in [3.8, 4) is 5.69 Å². The van der Waals surface area contributed by atoms with Gasteiger partial charge < -0.3 is 15.1 Å². The van der Waals surface area contributed by atoms with Crippen molar-refractivity contribution < 1.29 is 9.18 Å². The molecule has 8 heteroatoms. The van der Waals surface area contributed by atoms with Crippen LogP contribution in [0.3, 0.4) is 0 Å². The molecule has 1 aliphatic carbocycles. The Kier molecular flexibility index (Phi) is 5.61. The number of likely N-dealkylation sites (N-methyl/N-ethyl adjacent to an activating group) is 1. The topological polar surface area (TPSA) is 53.4 Å². The Morgan fingerprint density at radius 1 is 1.06 bits per heavy atom. The molecule has 1 aliphatic heterocycles. The maximum Gasteiger partial charge on any atom is 0.276 e. The maximum atomic E-state index is 13.4. The molecule has 166 valence electrons. The number of carbonyl (C=O) groups is 1. The van der Waals surface area contributed by atoms with Gasteiger partial charge in [0.1, 0.15) is 5.82 Å². The van der Waals surface area contributed by atoms with Crippen molar-refractivity contribution in [2.45, 2.75) is 19.3 Å². The summed E-state index contributed by atoms with van der Waals surface area (Å²) in [5.74, 6) is -0.547. The number of amides is 1. The Hall–Kier alpha value is -2.90. The fourth-order valence-corrected chi connectivity index (χ4v) is 4.70. The SMILES string of the molecule is CN1CCN(c2ccc(Cl)cc2NC(=O)c2nn(-c3ccc(F)cc3)c3c2CCC3)CC1. The first-order valence-corrected chi connectivity index (χ1v) is 11.3. The van der Waals surface area contributed by atoms with Crippen LogP contribution in [0.1, 0.15) is 28.2 Å². The number of hydrogen-bond donors (Lipinski definition) is 1. The number of rotatable bonds is 4. The van der Waals surface area contributed by atoms with Crippen molar-refractivity contribution in [1.29, 1.82) is 0 Å². The van der Waals surface area contributed by atoms with E-state index in [1.807, 2.05) is 12.1 Å². The van der Waals surface area contributed by atoms with Gasteiger partial charge in [-0.05, 0) is 68.8 Å². The Balaban J connectivity index is 1.46. The average molecular weight is 454 g/mol. The highest BCUT2D eigenvalue weighted by Gasteiger charge is 2.28. The number of piperazine rings is 1. The molecule has 32 heavy (non-hydrogen) atoms. The lowest BCUT2D eigenvalue weighted by atomic mass is 10.1. The van der Waals surface area contributed by atoms with Crippen LogP contribution in [0.5, 0.6) is 0 Å². The molecular weight excluding hydrogens is 429 g/mol. The lowest BCUT2D eigenvalue weighted by Crippen LogP contribution is -2.44. The molecule has 0 bridgehead atoms. The van der Waals surface area contributed by atoms with E-state index in [1.54, 1.807) is 22.9 Å². The fourth-order valence-electron chi connectivity index (χ4n) is 4.53. The highest BCUT2D eigenvalue weighted by Crippen LogP contribution is 2.32. The monoisotopic (exact) mass is 453 g/mol. The number of hydrogen-bond acceptors (Lipinski definition) is 4. The van der Waals surface area contributed by atoms with Gasteiger partial charge in [-0.2, -0.15) is 5.10 Å². The van der Waals surface area contributed by atoms with Gasteiger partial charge in [-0.15, -0.1) is 0 Å². The van der Waals surface area contributed by atoms with E-state index in [0.717, 1.165) is 68.1 Å². The average Bonchev–Trinajstić information content (AvgIpc) is 3.38. The smallest absolute Gasteiger partial charge is 0.276 e. The third-order valence-electron chi connectivity index (χ3n) is 6.27. The van der Waals surface area contributed by atoms with E-state index in [0.29, 0.717) is 16.4 Å². The van der Waals surface area contributed by atoms with Crippen LogP contribution in [0, 0.1) is 5.82 Å². The Labute approximate surface area is 191 Å². The summed E-state index contributed by atoms with van der Waals surface area (Å²) in [7, 11) is 2.11. The van der Waals surface area contributed by atoms with Crippen LogP contribution in [0.15, 0.2) is 42.5 Å². The van der Waals surface area contributed by atoms with Crippen LogP contribution in [0.4, 0.5) is 15.8 Å². The zero-order chi connectivity index (χ0) is 22.2. The van der Waals surface area contributed by atoms with Crippen LogP contribution in [-0.4, -0.2) is 53.8 Å². The third kappa shape index (κ3) is 3.98. The first-order valence-electron chi connectivity index (χ1n) is 10.9. The van der Waals surface area contributed by atoms with E-state index in [1.165, 1.54) is 12.1 Å². The van der Waals surface area contributed by atoms with Crippen molar-refractivity contribution in [2.75, 3.05) is 43.4 Å². The van der Waals surface area contributed by atoms with Crippen LogP contribution >= 0.6 is 11.6 Å². The van der Waals surface area contributed by atoms with Gasteiger partial charge in [0, 0.05) is 42.5 Å². The lowest BCUT2D eigenvalue weighted by Gasteiger charge is -2.35. The largest absolute Gasteiger partial charge is 0.367 e. The van der Waals surface area contributed by atoms with Crippen LogP contribution < -0.4 is 10.2 Å². The van der Waals surface area contributed by atoms with Crippen molar-refractivity contribution in [2.24, 2.45) is 0 Å². The Morgan fingerprint density at radius 2 is 1.81 bits per heavy atom. The summed E-state index contributed by atoms with van der Waals surface area (Å²) >= 11 is 6.27. The zero-order valence-corrected chi connectivity index (χ0v) is 18.7. The van der Waals surface area contributed by atoms with Gasteiger partial charge in [0.15, 0.2) is 5.69 Å². The zero-order valence-electron chi connectivity index (χ0n) is 17.9. The molecule has 1 N–H and O–H groups in total. The van der Waals surface area contributed by atoms with E-state index in [4.69, 9.17) is 11.6 Å². The summed E-state index contributed by atoms with van der Waals surface area (Å²) in [4.78, 5) is 17.9. The molecule has 0 saturated carbocycles. The van der Waals surface area contributed by atoms with Gasteiger partial charge >= 0.3 is 0 Å². The third-order valence-corrected chi connectivity index (χ3v) is 6.50. The van der Waals surface area contributed by atoms with E-state index in [9.17, 15) is 9.18 Å². The van der Waals surface area contributed by atoms with Gasteiger partial charge in [0.05, 0.1) is 17.1 Å². The minimum absolute atomic E-state index is 0.248. The normalized spacial score (nSPS) is 16.3. The molecule has 6 nitrogen and oxygen atoms in total. The first-order chi connectivity index (χ1) is 15.5. The standard InChI is InChI=1S/C24H25ClFN5O/c1-29-11-13-30(14-12-29)22-10-5-16(25)15-20(22)27-24(32)23-19-3-2-4-21(19)31(28-23)18-8-6-17(26)7-9-18/h5-10,15H,2-4,11-14H2,1H3,(H,27,32). The van der Waals surface area contributed by atoms with Gasteiger partial charge in [0.2, 0.25) is 0 Å². The quantitative estimate of drug-likeness (QED) is 0.644. The van der Waals surface area contributed by atoms with Crippen molar-refractivity contribution in [3.63, 3.8) is 0 Å². The lowest BCUT2D eigenvalue weighted by molar-refractivity contribution is 0.102. The minimum atomic E-state index is -0.298. The predicted molar refractivity (Wildman–Crippen MR) is 125 cm³/mol. The summed E-state index contributed by atoms with van der Waals surface area (Å²) in [6.07, 6.45) is 2.62. The molecule has 2 aliphatic rings. The van der Waals surface area contributed by atoms with Crippen molar-refractivity contribution >= 4 is 28.9 Å². The maximum absolute atomic E-state index is 13.4. The molecule has 1 saturated heterocycles. The number of aromatic nitrogens is 2. The van der Waals surface area contributed by atoms with Crippen LogP contribution in [-0.2, 0) is 12.8 Å². The molecule has 0 atom stereocenters. The first kappa shape index (κ1) is 21.0. The molecule has 2 aromatic carbocycles. The summed E-state index contributed by atoms with van der Waals surface area (Å²) in [6, 6.07) is 11.8. The molecular formula is C24H25ClFN5O. The number of nitrogens with one attached hydrogen (secondary N) is 1. The summed E-state index contributed by atoms with van der Waals surface area (Å²) in [5.41, 5.74) is 4.82. The molecule has 0 unspecified atom stereocenters. The molecule has 0 radical (unpaired) electrons. The van der Waals surface area contributed by atoms with Crippen molar-refractivity contribution in [1.82, 2.24) is 14.7 Å². The highest BCUT2D eigenvalue weighted by atomic mass is 35.5. The second-order valence-corrected chi connectivity index (χ2v) is 8.86. The number of anilines is 2. The number of benzene rings is 2. The second-order valence-electron chi connectivity index (χ2n) is 8.42. The van der Waals surface area contributed by atoms with Gasteiger partial charge in [-0.3, -0.25) is 4.79 Å². The molecule has 1 fully saturated rings. The molecule has 3 aromatic rings. The van der Waals surface area contributed by atoms with Crippen LogP contribution in [0.25, 0.3) is 5.69 Å². The molecule has 1 aromatic heterocycles. The number of halogens is 2. The Morgan fingerprint density at radius 3 is 2.56 bits per heavy atom. The minimum Gasteiger partial charge on any atom is -0.367 e. The van der Waals surface area contributed by atoms with E-state index in [-0.39, 0.29) is 11.7 Å². The van der Waals surface area contributed by atoms with Crippen LogP contribution in [0.2, 0.25) is 5.02 Å². The van der Waals surface area contributed by atoms with E-state index >= 15 is 0 Å². The molecule has 5 rings (SSSR count). The van der Waals surface area contributed by atoms with E-state index < -0.39 is 0 Å². The van der Waals surface area contributed by atoms with Crippen molar-refractivity contribution in [3.05, 3.63) is 70.3 Å². The molecule has 2 heterocycles. The number of nitrogens with zero attached hydrogens (tertiary/aromatic N) is 4. The second kappa shape index (κ2) is 8.56. The summed E-state index contributed by atoms with van der Waals surface area (Å²) in [6.45, 7) is 3.70. The molecule has 1 amide bonds. The summed E-state index contributed by atoms with van der Waals surface area (Å²) in [5, 5.41) is 8.27. The van der Waals surface area contributed by atoms with E-state index in [2.05, 4.69) is 27.3 Å². The van der Waals surface area contributed by atoms with Gasteiger partial charge in [-0.25, -0.2) is 9.07 Å². The highest BCUT2D eigenvalue weighted by molar-refractivity contribution is 6.31. The summed E-state index contributed by atoms with van der Waals surface area (Å²) < 4.78 is 15.2. The molecule has 0 spiro atoms. The predicted octanol–water partition coefficient (Wildman–Crippen LogP) is 4.16. The fraction of sp³-hybridized carbons (Fsp3) is 0.333. The van der Waals surface area contributed by atoms with Gasteiger partial charge in [-0.1, -0.05) is 11.6 Å². The Bertz CT molecular complexity index is 1150. The number of carbonyl (C=O) groups excluding carboxylic acids is 1.